The van der Waals surface area contributed by atoms with Crippen molar-refractivity contribution in [3.05, 3.63) is 89.0 Å². The molecule has 0 aliphatic rings. The molecule has 2 aromatic carbocycles. The van der Waals surface area contributed by atoms with E-state index in [2.05, 4.69) is 36.3 Å². The van der Waals surface area contributed by atoms with Crippen LogP contribution in [-0.4, -0.2) is 98.9 Å². The summed E-state index contributed by atoms with van der Waals surface area (Å²) >= 11 is 0. The van der Waals surface area contributed by atoms with E-state index in [1.54, 1.807) is 34.6 Å². The molecule has 1 aromatic heterocycles. The lowest BCUT2D eigenvalue weighted by Gasteiger charge is -2.23. The molecule has 3 aromatic rings. The number of nitriles is 1. The fourth-order valence-electron chi connectivity index (χ4n) is 4.03. The number of carbonyl (C=O) groups is 4. The minimum atomic E-state index is -5.08. The predicted octanol–water partition coefficient (Wildman–Crippen LogP) is 4.10. The van der Waals surface area contributed by atoms with Gasteiger partial charge in [-0.15, -0.1) is 5.10 Å². The summed E-state index contributed by atoms with van der Waals surface area (Å²) in [5.74, 6) is -3.09. The van der Waals surface area contributed by atoms with E-state index in [1.165, 1.54) is 4.68 Å². The molecule has 0 radical (unpaired) electrons. The quantitative estimate of drug-likeness (QED) is 0.0951. The van der Waals surface area contributed by atoms with Gasteiger partial charge in [0, 0.05) is 6.54 Å². The van der Waals surface area contributed by atoms with Crippen LogP contribution in [0.1, 0.15) is 71.5 Å². The molecule has 0 bridgehead atoms. The second-order valence-corrected chi connectivity index (χ2v) is 13.6. The number of benzene rings is 2. The molecule has 3 amide bonds. The second-order valence-electron chi connectivity index (χ2n) is 13.6. The highest BCUT2D eigenvalue weighted by Crippen LogP contribution is 2.14. The standard InChI is InChI=1S/C18H25N3O4.C17H23N7O2.C2HF3O2.CH4/c1-18(2,3)25-17(23)21-15(16(22)20-11-7-10-19)13-24-12-14-8-5-4-6-9-14;1-17(2,18)16(25)20-14(12-26-11-13-7-5-4-6-8-13)15-21-22-23-24(15)10-9-19-3;3-2(4,5)1(6)7;/h4-6,8-9,15H,7,11-13H2,1-3H3,(H,20,22)(H,21,23);4-8,14H,9-12,18H2,1-2H3,(H,20,25);(H,6,7);1H4/t15-;14-;;/m11../s1. The number of rotatable bonds is 17. The van der Waals surface area contributed by atoms with Gasteiger partial charge in [0.1, 0.15) is 24.2 Å². The summed E-state index contributed by atoms with van der Waals surface area (Å²) in [5.41, 5.74) is 6.13. The molecule has 18 nitrogen and oxygen atoms in total. The zero-order valence-corrected chi connectivity index (χ0v) is 32.8. The number of nitrogens with one attached hydrogen (secondary N) is 3. The molecule has 1 heterocycles. The number of alkyl halides is 3. The fraction of sp³-hybridized carbons (Fsp3) is 0.500. The number of carboxylic acids is 1. The van der Waals surface area contributed by atoms with Crippen LogP contribution in [0, 0.1) is 17.9 Å². The Labute approximate surface area is 341 Å². The number of aliphatic carboxylic acids is 1. The summed E-state index contributed by atoms with van der Waals surface area (Å²) in [6.07, 6.45) is -5.59. The molecular formula is C38H53F3N10O8. The first-order valence-electron chi connectivity index (χ1n) is 17.5. The monoisotopic (exact) mass is 834 g/mol. The minimum Gasteiger partial charge on any atom is -0.475 e. The van der Waals surface area contributed by atoms with Crippen molar-refractivity contribution in [1.82, 2.24) is 36.2 Å². The largest absolute Gasteiger partial charge is 0.490 e. The topological polar surface area (TPSA) is 250 Å². The molecule has 2 atom stereocenters. The number of tetrazole rings is 1. The Bertz CT molecular complexity index is 1790. The van der Waals surface area contributed by atoms with E-state index in [0.29, 0.717) is 25.6 Å². The minimum absolute atomic E-state index is 0. The Kier molecular flexibility index (Phi) is 23.9. The Balaban J connectivity index is 0.000000968. The van der Waals surface area contributed by atoms with E-state index in [-0.39, 0.29) is 46.1 Å². The predicted molar refractivity (Wildman–Crippen MR) is 207 cm³/mol. The third kappa shape index (κ3) is 23.6. The number of nitrogens with zero attached hydrogens (tertiary/aromatic N) is 6. The molecule has 0 unspecified atom stereocenters. The summed E-state index contributed by atoms with van der Waals surface area (Å²) < 4.78 is 49.7. The van der Waals surface area contributed by atoms with Crippen molar-refractivity contribution in [3.8, 4) is 6.07 Å². The number of amides is 3. The number of nitrogens with two attached hydrogens (primary N) is 1. The fourth-order valence-corrected chi connectivity index (χ4v) is 4.03. The van der Waals surface area contributed by atoms with E-state index < -0.39 is 47.4 Å². The summed E-state index contributed by atoms with van der Waals surface area (Å²) in [7, 11) is 0. The number of carboxylic acid groups (broad SMARTS) is 1. The highest BCUT2D eigenvalue weighted by molar-refractivity contribution is 5.86. The van der Waals surface area contributed by atoms with Crippen LogP contribution in [0.15, 0.2) is 60.7 Å². The molecule has 21 heteroatoms. The molecule has 6 N–H and O–H groups in total. The summed E-state index contributed by atoms with van der Waals surface area (Å²) in [4.78, 5) is 48.6. The van der Waals surface area contributed by atoms with Crippen LogP contribution in [0.2, 0.25) is 0 Å². The number of carbonyl (C=O) groups excluding carboxylic acids is 3. The van der Waals surface area contributed by atoms with Gasteiger partial charge in [-0.2, -0.15) is 18.4 Å². The zero-order chi connectivity index (χ0) is 43.8. The summed E-state index contributed by atoms with van der Waals surface area (Å²) in [6, 6.07) is 19.7. The van der Waals surface area contributed by atoms with Crippen molar-refractivity contribution < 1.29 is 51.7 Å². The number of aromatic nitrogens is 4. The van der Waals surface area contributed by atoms with Gasteiger partial charge in [0.05, 0.1) is 44.5 Å². The van der Waals surface area contributed by atoms with Crippen LogP contribution in [-0.2, 0) is 48.4 Å². The summed E-state index contributed by atoms with van der Waals surface area (Å²) in [6.45, 7) is 17.0. The lowest BCUT2D eigenvalue weighted by Crippen LogP contribution is -2.51. The van der Waals surface area contributed by atoms with Gasteiger partial charge < -0.3 is 45.8 Å². The first kappa shape index (κ1) is 52.8. The Morgan fingerprint density at radius 1 is 0.949 bits per heavy atom. The van der Waals surface area contributed by atoms with E-state index in [0.717, 1.165) is 11.1 Å². The third-order valence-electron chi connectivity index (χ3n) is 6.76. The van der Waals surface area contributed by atoms with Crippen LogP contribution in [0.4, 0.5) is 18.0 Å². The van der Waals surface area contributed by atoms with E-state index >= 15 is 0 Å². The number of hydrogen-bond acceptors (Lipinski definition) is 12. The van der Waals surface area contributed by atoms with E-state index in [9.17, 15) is 27.6 Å². The van der Waals surface area contributed by atoms with E-state index in [4.69, 9.17) is 41.7 Å². The van der Waals surface area contributed by atoms with Crippen LogP contribution < -0.4 is 21.7 Å². The van der Waals surface area contributed by atoms with Crippen molar-refractivity contribution >= 4 is 23.9 Å². The van der Waals surface area contributed by atoms with Crippen LogP contribution in [0.5, 0.6) is 0 Å². The SMILES string of the molecule is C.CC(C)(C)OC(=O)N[C@H](COCc1ccccc1)C(=O)NCCC#N.O=C(O)C(F)(F)F.[C-]#[N+]CCn1nnnc1[C@@H](COCc1ccccc1)NC(=O)C(C)(C)N. The Morgan fingerprint density at radius 2 is 1.47 bits per heavy atom. The number of halogens is 3. The van der Waals surface area contributed by atoms with Gasteiger partial charge in [0.2, 0.25) is 18.4 Å². The first-order chi connectivity index (χ1) is 27.2. The molecular weight excluding hydrogens is 781 g/mol. The average molecular weight is 835 g/mol. The van der Waals surface area contributed by atoms with Gasteiger partial charge >= 0.3 is 18.2 Å². The molecule has 3 rings (SSSR count). The molecule has 0 saturated carbocycles. The number of hydrogen-bond donors (Lipinski definition) is 5. The van der Waals surface area contributed by atoms with Gasteiger partial charge in [0.15, 0.2) is 5.82 Å². The van der Waals surface area contributed by atoms with Gasteiger partial charge in [0.25, 0.3) is 0 Å². The molecule has 0 aliphatic carbocycles. The maximum absolute atomic E-state index is 12.3. The van der Waals surface area contributed by atoms with Gasteiger partial charge in [-0.25, -0.2) is 20.8 Å². The van der Waals surface area contributed by atoms with Gasteiger partial charge in [-0.05, 0) is 56.2 Å². The molecule has 59 heavy (non-hydrogen) atoms. The van der Waals surface area contributed by atoms with Crippen molar-refractivity contribution in [3.63, 3.8) is 0 Å². The number of alkyl carbamates (subject to hydrolysis) is 1. The van der Waals surface area contributed by atoms with E-state index in [1.807, 2.05) is 66.7 Å². The molecule has 324 valence electrons. The second kappa shape index (κ2) is 26.7. The molecule has 0 saturated heterocycles. The first-order valence-corrected chi connectivity index (χ1v) is 17.5. The lowest BCUT2D eigenvalue weighted by atomic mass is 10.1. The number of ether oxygens (including phenoxy) is 3. The van der Waals surface area contributed by atoms with Crippen molar-refractivity contribution in [2.45, 2.75) is 97.6 Å². The Morgan fingerprint density at radius 3 is 1.93 bits per heavy atom. The molecule has 0 spiro atoms. The van der Waals surface area contributed by atoms with Gasteiger partial charge in [-0.3, -0.25) is 9.59 Å². The smallest absolute Gasteiger partial charge is 0.475 e. The van der Waals surface area contributed by atoms with Crippen LogP contribution in [0.25, 0.3) is 4.85 Å². The maximum atomic E-state index is 12.3. The maximum Gasteiger partial charge on any atom is 0.490 e. The van der Waals surface area contributed by atoms with Gasteiger partial charge in [-0.1, -0.05) is 68.1 Å². The lowest BCUT2D eigenvalue weighted by molar-refractivity contribution is -0.192. The van der Waals surface area contributed by atoms with Crippen LogP contribution in [0.3, 0.4) is 0 Å². The van der Waals surface area contributed by atoms with Crippen molar-refractivity contribution in [2.24, 2.45) is 5.73 Å². The Hall–Kier alpha value is -6.16. The third-order valence-corrected chi connectivity index (χ3v) is 6.76. The normalized spacial score (nSPS) is 11.8. The van der Waals surface area contributed by atoms with Crippen LogP contribution >= 0.6 is 0 Å². The van der Waals surface area contributed by atoms with Crippen molar-refractivity contribution in [1.29, 1.82) is 5.26 Å². The zero-order valence-electron chi connectivity index (χ0n) is 32.8. The molecule has 0 fully saturated rings. The highest BCUT2D eigenvalue weighted by atomic mass is 19.4. The average Bonchev–Trinajstić information content (AvgIpc) is 3.61. The molecule has 0 aliphatic heterocycles. The van der Waals surface area contributed by atoms with Crippen molar-refractivity contribution in [2.75, 3.05) is 26.3 Å². The summed E-state index contributed by atoms with van der Waals surface area (Å²) in [5, 5.41) is 35.1. The highest BCUT2D eigenvalue weighted by Gasteiger charge is 2.38.